The lowest BCUT2D eigenvalue weighted by atomic mass is 10.2. The standard InChI is InChI=1S/C12H16N2O2S/c1-2-10-8-14(5-6-17-10)11-4-3-9(7-13-11)12(15)16/h3-4,7,10H,2,5-6,8H2,1H3,(H,15,16). The molecule has 4 nitrogen and oxygen atoms in total. The van der Waals surface area contributed by atoms with Crippen molar-refractivity contribution in [3.05, 3.63) is 23.9 Å². The van der Waals surface area contributed by atoms with Crippen LogP contribution in [-0.4, -0.2) is 40.2 Å². The van der Waals surface area contributed by atoms with Gasteiger partial charge >= 0.3 is 5.97 Å². The molecule has 0 bridgehead atoms. The van der Waals surface area contributed by atoms with E-state index in [1.807, 2.05) is 11.8 Å². The molecule has 1 atom stereocenters. The summed E-state index contributed by atoms with van der Waals surface area (Å²) in [7, 11) is 0. The summed E-state index contributed by atoms with van der Waals surface area (Å²) >= 11 is 2.01. The minimum Gasteiger partial charge on any atom is -0.478 e. The first-order chi connectivity index (χ1) is 8.20. The van der Waals surface area contributed by atoms with Gasteiger partial charge in [-0.05, 0) is 18.6 Å². The first-order valence-electron chi connectivity index (χ1n) is 5.76. The zero-order valence-corrected chi connectivity index (χ0v) is 10.6. The van der Waals surface area contributed by atoms with E-state index in [1.165, 1.54) is 6.20 Å². The number of carboxylic acid groups (broad SMARTS) is 1. The lowest BCUT2D eigenvalue weighted by molar-refractivity contribution is 0.0696. The molecule has 0 aliphatic carbocycles. The predicted molar refractivity (Wildman–Crippen MR) is 69.9 cm³/mol. The number of nitrogens with zero attached hydrogens (tertiary/aromatic N) is 2. The van der Waals surface area contributed by atoms with Gasteiger partial charge in [0.15, 0.2) is 0 Å². The van der Waals surface area contributed by atoms with Crippen LogP contribution in [0.5, 0.6) is 0 Å². The number of aromatic nitrogens is 1. The summed E-state index contributed by atoms with van der Waals surface area (Å²) in [6.45, 7) is 4.18. The smallest absolute Gasteiger partial charge is 0.337 e. The molecule has 0 amide bonds. The molecule has 0 radical (unpaired) electrons. The van der Waals surface area contributed by atoms with E-state index in [0.717, 1.165) is 31.1 Å². The van der Waals surface area contributed by atoms with Gasteiger partial charge in [-0.1, -0.05) is 6.92 Å². The average Bonchev–Trinajstić information content (AvgIpc) is 2.39. The van der Waals surface area contributed by atoms with Crippen molar-refractivity contribution >= 4 is 23.5 Å². The minimum absolute atomic E-state index is 0.243. The first-order valence-corrected chi connectivity index (χ1v) is 6.81. The highest BCUT2D eigenvalue weighted by molar-refractivity contribution is 8.00. The van der Waals surface area contributed by atoms with Gasteiger partial charge in [-0.3, -0.25) is 0 Å². The predicted octanol–water partition coefficient (Wildman–Crippen LogP) is 2.11. The quantitative estimate of drug-likeness (QED) is 0.893. The summed E-state index contributed by atoms with van der Waals surface area (Å²) < 4.78 is 0. The van der Waals surface area contributed by atoms with Crippen LogP contribution in [-0.2, 0) is 0 Å². The van der Waals surface area contributed by atoms with E-state index in [9.17, 15) is 4.79 Å². The summed E-state index contributed by atoms with van der Waals surface area (Å²) in [5, 5.41) is 9.47. The van der Waals surface area contributed by atoms with E-state index >= 15 is 0 Å². The van der Waals surface area contributed by atoms with Gasteiger partial charge in [0.25, 0.3) is 0 Å². The highest BCUT2D eigenvalue weighted by Crippen LogP contribution is 2.24. The molecule has 1 saturated heterocycles. The van der Waals surface area contributed by atoms with Crippen LogP contribution >= 0.6 is 11.8 Å². The Labute approximate surface area is 105 Å². The third kappa shape index (κ3) is 2.91. The zero-order chi connectivity index (χ0) is 12.3. The van der Waals surface area contributed by atoms with E-state index in [1.54, 1.807) is 12.1 Å². The molecular weight excluding hydrogens is 236 g/mol. The lowest BCUT2D eigenvalue weighted by Crippen LogP contribution is -2.38. The Kier molecular flexibility index (Phi) is 3.89. The molecule has 1 unspecified atom stereocenters. The van der Waals surface area contributed by atoms with Crippen molar-refractivity contribution in [2.45, 2.75) is 18.6 Å². The Balaban J connectivity index is 2.08. The normalized spacial score (nSPS) is 20.3. The number of hydrogen-bond acceptors (Lipinski definition) is 4. The number of anilines is 1. The van der Waals surface area contributed by atoms with Crippen LogP contribution in [0.1, 0.15) is 23.7 Å². The number of rotatable bonds is 3. The molecular formula is C12H16N2O2S. The molecule has 0 saturated carbocycles. The molecule has 1 fully saturated rings. The average molecular weight is 252 g/mol. The SMILES string of the molecule is CCC1CN(c2ccc(C(=O)O)cn2)CCS1. The maximum Gasteiger partial charge on any atom is 0.337 e. The number of pyridine rings is 1. The monoisotopic (exact) mass is 252 g/mol. The lowest BCUT2D eigenvalue weighted by Gasteiger charge is -2.32. The molecule has 5 heteroatoms. The largest absolute Gasteiger partial charge is 0.478 e. The highest BCUT2D eigenvalue weighted by atomic mass is 32.2. The fraction of sp³-hybridized carbons (Fsp3) is 0.500. The third-order valence-corrected chi connectivity index (χ3v) is 4.29. The van der Waals surface area contributed by atoms with Crippen molar-refractivity contribution in [3.8, 4) is 0 Å². The van der Waals surface area contributed by atoms with E-state index in [0.29, 0.717) is 5.25 Å². The van der Waals surface area contributed by atoms with E-state index in [-0.39, 0.29) is 5.56 Å². The molecule has 0 aromatic carbocycles. The van der Waals surface area contributed by atoms with E-state index < -0.39 is 5.97 Å². The van der Waals surface area contributed by atoms with Crippen LogP contribution in [0.15, 0.2) is 18.3 Å². The van der Waals surface area contributed by atoms with Gasteiger partial charge in [-0.25, -0.2) is 9.78 Å². The van der Waals surface area contributed by atoms with Crippen molar-refractivity contribution < 1.29 is 9.90 Å². The van der Waals surface area contributed by atoms with Crippen molar-refractivity contribution in [3.63, 3.8) is 0 Å². The molecule has 1 aromatic heterocycles. The highest BCUT2D eigenvalue weighted by Gasteiger charge is 2.20. The maximum absolute atomic E-state index is 10.7. The summed E-state index contributed by atoms with van der Waals surface area (Å²) in [4.78, 5) is 17.2. The van der Waals surface area contributed by atoms with Crippen molar-refractivity contribution in [2.24, 2.45) is 0 Å². The van der Waals surface area contributed by atoms with Crippen LogP contribution in [0.25, 0.3) is 0 Å². The van der Waals surface area contributed by atoms with E-state index in [2.05, 4.69) is 16.8 Å². The molecule has 92 valence electrons. The fourth-order valence-corrected chi connectivity index (χ4v) is 3.05. The van der Waals surface area contributed by atoms with Crippen LogP contribution < -0.4 is 4.90 Å². The van der Waals surface area contributed by atoms with Gasteiger partial charge in [0.05, 0.1) is 5.56 Å². The summed E-state index contributed by atoms with van der Waals surface area (Å²) in [5.74, 6) is 1.07. The Morgan fingerprint density at radius 1 is 1.65 bits per heavy atom. The molecule has 0 spiro atoms. The first kappa shape index (κ1) is 12.2. The molecule has 2 rings (SSSR count). The van der Waals surface area contributed by atoms with Crippen LogP contribution in [0.2, 0.25) is 0 Å². The number of carbonyl (C=O) groups is 1. The second-order valence-electron chi connectivity index (χ2n) is 4.06. The molecule has 17 heavy (non-hydrogen) atoms. The van der Waals surface area contributed by atoms with Crippen LogP contribution in [0.4, 0.5) is 5.82 Å². The minimum atomic E-state index is -0.926. The molecule has 2 heterocycles. The Bertz CT molecular complexity index is 394. The molecule has 1 aliphatic rings. The van der Waals surface area contributed by atoms with Gasteiger partial charge < -0.3 is 10.0 Å². The van der Waals surface area contributed by atoms with E-state index in [4.69, 9.17) is 5.11 Å². The number of aromatic carboxylic acids is 1. The summed E-state index contributed by atoms with van der Waals surface area (Å²) in [5.41, 5.74) is 0.243. The van der Waals surface area contributed by atoms with Crippen LogP contribution in [0, 0.1) is 0 Å². The molecule has 1 aliphatic heterocycles. The van der Waals surface area contributed by atoms with Gasteiger partial charge in [0.1, 0.15) is 5.82 Å². The van der Waals surface area contributed by atoms with Crippen LogP contribution in [0.3, 0.4) is 0 Å². The zero-order valence-electron chi connectivity index (χ0n) is 9.80. The van der Waals surface area contributed by atoms with Crippen molar-refractivity contribution in [1.29, 1.82) is 0 Å². The third-order valence-electron chi connectivity index (χ3n) is 2.91. The van der Waals surface area contributed by atoms with Crippen molar-refractivity contribution in [2.75, 3.05) is 23.7 Å². The van der Waals surface area contributed by atoms with Gasteiger partial charge in [-0.15, -0.1) is 0 Å². The molecule has 1 aromatic rings. The second-order valence-corrected chi connectivity index (χ2v) is 5.47. The Morgan fingerprint density at radius 2 is 2.47 bits per heavy atom. The summed E-state index contributed by atoms with van der Waals surface area (Å²) in [6, 6.07) is 3.42. The summed E-state index contributed by atoms with van der Waals surface area (Å²) in [6.07, 6.45) is 2.59. The fourth-order valence-electron chi connectivity index (χ4n) is 1.87. The van der Waals surface area contributed by atoms with Crippen molar-refractivity contribution in [1.82, 2.24) is 4.98 Å². The van der Waals surface area contributed by atoms with Gasteiger partial charge in [-0.2, -0.15) is 11.8 Å². The second kappa shape index (κ2) is 5.40. The Hall–Kier alpha value is -1.23. The number of thioether (sulfide) groups is 1. The topological polar surface area (TPSA) is 53.4 Å². The van der Waals surface area contributed by atoms with Gasteiger partial charge in [0.2, 0.25) is 0 Å². The van der Waals surface area contributed by atoms with Gasteiger partial charge in [0, 0.05) is 30.3 Å². The maximum atomic E-state index is 10.7. The molecule has 1 N–H and O–H groups in total. The number of carboxylic acids is 1. The number of hydrogen-bond donors (Lipinski definition) is 1. The Morgan fingerprint density at radius 3 is 3.06 bits per heavy atom.